The maximum absolute atomic E-state index is 5.80. The summed E-state index contributed by atoms with van der Waals surface area (Å²) in [6.45, 7) is 2.52. The summed E-state index contributed by atoms with van der Waals surface area (Å²) in [5, 5.41) is 3.35. The number of nitrogens with two attached hydrogens (primary N) is 1. The van der Waals surface area contributed by atoms with Crippen LogP contribution in [0, 0.1) is 6.92 Å². The normalized spacial score (nSPS) is 12.1. The zero-order chi connectivity index (χ0) is 12.1. The minimum Gasteiger partial charge on any atom is -0.362 e. The third-order valence-electron chi connectivity index (χ3n) is 2.65. The number of nitrogens with one attached hydrogen (secondary N) is 1. The summed E-state index contributed by atoms with van der Waals surface area (Å²) in [5.41, 5.74) is 7.98. The molecule has 88 valence electrons. The third-order valence-corrected chi connectivity index (χ3v) is 2.65. The Labute approximate surface area is 102 Å². The van der Waals surface area contributed by atoms with Crippen LogP contribution in [0.5, 0.6) is 0 Å². The van der Waals surface area contributed by atoms with Crippen molar-refractivity contribution in [2.75, 3.05) is 11.9 Å². The molecule has 1 unspecified atom stereocenters. The van der Waals surface area contributed by atoms with E-state index in [1.165, 1.54) is 5.56 Å². The van der Waals surface area contributed by atoms with Crippen molar-refractivity contribution in [3.05, 3.63) is 59.8 Å². The van der Waals surface area contributed by atoms with Crippen molar-refractivity contribution in [1.82, 2.24) is 4.98 Å². The van der Waals surface area contributed by atoms with Crippen LogP contribution in [0.4, 0.5) is 5.82 Å². The molecule has 1 aromatic carbocycles. The average Bonchev–Trinajstić information content (AvgIpc) is 2.37. The monoisotopic (exact) mass is 227 g/mol. The van der Waals surface area contributed by atoms with Gasteiger partial charge in [0.2, 0.25) is 0 Å². The molecular weight excluding hydrogens is 210 g/mol. The van der Waals surface area contributed by atoms with Crippen LogP contribution in [-0.4, -0.2) is 11.5 Å². The molecule has 0 amide bonds. The van der Waals surface area contributed by atoms with Crippen molar-refractivity contribution in [2.24, 2.45) is 5.73 Å². The molecule has 1 aromatic heterocycles. The molecule has 1 heterocycles. The van der Waals surface area contributed by atoms with Gasteiger partial charge in [0, 0.05) is 12.2 Å². The van der Waals surface area contributed by atoms with E-state index >= 15 is 0 Å². The lowest BCUT2D eigenvalue weighted by atomic mass is 10.1. The van der Waals surface area contributed by atoms with E-state index in [1.54, 1.807) is 0 Å². The quantitative estimate of drug-likeness (QED) is 0.843. The van der Waals surface area contributed by atoms with E-state index in [1.807, 2.05) is 43.3 Å². The van der Waals surface area contributed by atoms with Crippen LogP contribution in [0.1, 0.15) is 17.3 Å². The maximum Gasteiger partial charge on any atom is 0.126 e. The third kappa shape index (κ3) is 3.04. The van der Waals surface area contributed by atoms with Crippen LogP contribution in [0.3, 0.4) is 0 Å². The summed E-state index contributed by atoms with van der Waals surface area (Å²) in [5.74, 6) is 0.865. The number of anilines is 1. The Bertz CT molecular complexity index is 468. The molecule has 0 aliphatic carbocycles. The molecule has 0 fully saturated rings. The fourth-order valence-corrected chi connectivity index (χ4v) is 1.77. The Morgan fingerprint density at radius 1 is 1.12 bits per heavy atom. The summed E-state index contributed by atoms with van der Waals surface area (Å²) in [7, 11) is 0. The van der Waals surface area contributed by atoms with Gasteiger partial charge in [0.1, 0.15) is 5.82 Å². The minimum absolute atomic E-state index is 0.102. The number of pyridine rings is 1. The molecule has 0 spiro atoms. The maximum atomic E-state index is 5.80. The van der Waals surface area contributed by atoms with Crippen LogP contribution in [0.15, 0.2) is 48.5 Å². The topological polar surface area (TPSA) is 50.9 Å². The van der Waals surface area contributed by atoms with Crippen molar-refractivity contribution >= 4 is 5.82 Å². The Balaban J connectivity index is 2.16. The van der Waals surface area contributed by atoms with Gasteiger partial charge in [-0.25, -0.2) is 4.98 Å². The van der Waals surface area contributed by atoms with Gasteiger partial charge >= 0.3 is 0 Å². The van der Waals surface area contributed by atoms with Gasteiger partial charge in [-0.1, -0.05) is 36.4 Å². The number of aryl methyl sites for hydroxylation is 1. The number of rotatable bonds is 4. The highest BCUT2D eigenvalue weighted by atomic mass is 15.0. The van der Waals surface area contributed by atoms with Crippen molar-refractivity contribution < 1.29 is 0 Å². The zero-order valence-electron chi connectivity index (χ0n) is 9.93. The molecule has 0 radical (unpaired) electrons. The predicted octanol–water partition coefficient (Wildman–Crippen LogP) is 2.50. The molecule has 17 heavy (non-hydrogen) atoms. The molecule has 0 aliphatic rings. The molecule has 3 heteroatoms. The molecule has 2 rings (SSSR count). The summed E-state index contributed by atoms with van der Waals surface area (Å²) in [6.07, 6.45) is 0. The van der Waals surface area contributed by atoms with Gasteiger partial charge in [-0.2, -0.15) is 0 Å². The standard InChI is InChI=1S/C14H17N3/c1-11-6-5-9-14(16-11)17-13(10-15)12-7-3-2-4-8-12/h2-9,13H,10,15H2,1H3,(H,16,17). The Morgan fingerprint density at radius 3 is 2.53 bits per heavy atom. The van der Waals surface area contributed by atoms with E-state index < -0.39 is 0 Å². The number of benzene rings is 1. The first-order valence-corrected chi connectivity index (χ1v) is 5.75. The fourth-order valence-electron chi connectivity index (χ4n) is 1.77. The van der Waals surface area contributed by atoms with Crippen molar-refractivity contribution in [3.63, 3.8) is 0 Å². The van der Waals surface area contributed by atoms with Gasteiger partial charge in [0.25, 0.3) is 0 Å². The highest BCUT2D eigenvalue weighted by Gasteiger charge is 2.09. The molecule has 0 aliphatic heterocycles. The van der Waals surface area contributed by atoms with E-state index in [0.717, 1.165) is 11.5 Å². The van der Waals surface area contributed by atoms with E-state index in [4.69, 9.17) is 5.73 Å². The van der Waals surface area contributed by atoms with Gasteiger partial charge in [-0.3, -0.25) is 0 Å². The SMILES string of the molecule is Cc1cccc(NC(CN)c2ccccc2)n1. The van der Waals surface area contributed by atoms with E-state index in [2.05, 4.69) is 22.4 Å². The van der Waals surface area contributed by atoms with Crippen molar-refractivity contribution in [2.45, 2.75) is 13.0 Å². The average molecular weight is 227 g/mol. The van der Waals surface area contributed by atoms with Gasteiger partial charge < -0.3 is 11.1 Å². The zero-order valence-corrected chi connectivity index (χ0v) is 9.93. The van der Waals surface area contributed by atoms with Crippen LogP contribution < -0.4 is 11.1 Å². The fraction of sp³-hybridized carbons (Fsp3) is 0.214. The van der Waals surface area contributed by atoms with E-state index in [0.29, 0.717) is 6.54 Å². The number of nitrogens with zero attached hydrogens (tertiary/aromatic N) is 1. The first-order valence-electron chi connectivity index (χ1n) is 5.75. The minimum atomic E-state index is 0.102. The predicted molar refractivity (Wildman–Crippen MR) is 70.8 cm³/mol. The highest BCUT2D eigenvalue weighted by molar-refractivity contribution is 5.39. The first kappa shape index (κ1) is 11.6. The van der Waals surface area contributed by atoms with Gasteiger partial charge in [-0.05, 0) is 24.6 Å². The lowest BCUT2D eigenvalue weighted by molar-refractivity contribution is 0.783. The van der Waals surface area contributed by atoms with Crippen molar-refractivity contribution in [1.29, 1.82) is 0 Å². The number of hydrogen-bond acceptors (Lipinski definition) is 3. The van der Waals surface area contributed by atoms with Gasteiger partial charge in [0.05, 0.1) is 6.04 Å². The van der Waals surface area contributed by atoms with Gasteiger partial charge in [0.15, 0.2) is 0 Å². The highest BCUT2D eigenvalue weighted by Crippen LogP contribution is 2.17. The van der Waals surface area contributed by atoms with Crippen LogP contribution in [0.2, 0.25) is 0 Å². The lowest BCUT2D eigenvalue weighted by Crippen LogP contribution is -2.21. The Kier molecular flexibility index (Phi) is 3.73. The molecule has 0 bridgehead atoms. The largest absolute Gasteiger partial charge is 0.362 e. The Hall–Kier alpha value is -1.87. The van der Waals surface area contributed by atoms with Crippen LogP contribution in [-0.2, 0) is 0 Å². The number of hydrogen-bond donors (Lipinski definition) is 2. The van der Waals surface area contributed by atoms with E-state index in [-0.39, 0.29) is 6.04 Å². The second kappa shape index (κ2) is 5.46. The van der Waals surface area contributed by atoms with Gasteiger partial charge in [-0.15, -0.1) is 0 Å². The van der Waals surface area contributed by atoms with Crippen LogP contribution >= 0.6 is 0 Å². The second-order valence-electron chi connectivity index (χ2n) is 4.01. The smallest absolute Gasteiger partial charge is 0.126 e. The van der Waals surface area contributed by atoms with E-state index in [9.17, 15) is 0 Å². The molecule has 0 saturated carbocycles. The molecular formula is C14H17N3. The lowest BCUT2D eigenvalue weighted by Gasteiger charge is -2.18. The molecule has 3 nitrogen and oxygen atoms in total. The van der Waals surface area contributed by atoms with Crippen LogP contribution in [0.25, 0.3) is 0 Å². The first-order chi connectivity index (χ1) is 8.29. The summed E-state index contributed by atoms with van der Waals surface area (Å²) in [4.78, 5) is 4.42. The number of aromatic nitrogens is 1. The Morgan fingerprint density at radius 2 is 1.88 bits per heavy atom. The van der Waals surface area contributed by atoms with Crippen molar-refractivity contribution in [3.8, 4) is 0 Å². The summed E-state index contributed by atoms with van der Waals surface area (Å²) >= 11 is 0. The molecule has 1 atom stereocenters. The molecule has 0 saturated heterocycles. The summed E-state index contributed by atoms with van der Waals surface area (Å²) < 4.78 is 0. The summed E-state index contributed by atoms with van der Waals surface area (Å²) in [6, 6.07) is 16.2. The molecule has 2 aromatic rings. The molecule has 3 N–H and O–H groups in total. The second-order valence-corrected chi connectivity index (χ2v) is 4.01.